The third-order valence-electron chi connectivity index (χ3n) is 1.84. The SMILES string of the molecule is CCN(CC(=O)OC)S(=O)(=O)C(C)C. The fourth-order valence-electron chi connectivity index (χ4n) is 0.888. The summed E-state index contributed by atoms with van der Waals surface area (Å²) < 4.78 is 28.8. The first kappa shape index (κ1) is 13.4. The molecule has 0 aromatic rings. The second-order valence-corrected chi connectivity index (χ2v) is 5.59. The Kier molecular flexibility index (Phi) is 5.07. The van der Waals surface area contributed by atoms with Crippen LogP contribution in [0.4, 0.5) is 0 Å². The van der Waals surface area contributed by atoms with Crippen LogP contribution >= 0.6 is 0 Å². The Morgan fingerprint density at radius 3 is 2.21 bits per heavy atom. The molecule has 0 fully saturated rings. The first-order chi connectivity index (χ1) is 6.36. The molecular weight excluding hydrogens is 206 g/mol. The molecule has 0 spiro atoms. The summed E-state index contributed by atoms with van der Waals surface area (Å²) in [5.41, 5.74) is 0. The molecule has 6 heteroatoms. The first-order valence-corrected chi connectivity index (χ1v) is 5.92. The van der Waals surface area contributed by atoms with Crippen LogP contribution in [0.3, 0.4) is 0 Å². The highest BCUT2D eigenvalue weighted by Crippen LogP contribution is 2.07. The second-order valence-electron chi connectivity index (χ2n) is 3.10. The van der Waals surface area contributed by atoms with Crippen LogP contribution in [-0.2, 0) is 19.6 Å². The van der Waals surface area contributed by atoms with Crippen molar-refractivity contribution in [1.82, 2.24) is 4.31 Å². The van der Waals surface area contributed by atoms with Crippen molar-refractivity contribution in [3.05, 3.63) is 0 Å². The molecule has 0 amide bonds. The zero-order valence-corrected chi connectivity index (χ0v) is 9.80. The number of hydrogen-bond donors (Lipinski definition) is 0. The number of carbonyl (C=O) groups is 1. The number of carbonyl (C=O) groups excluding carboxylic acids is 1. The molecule has 0 bridgehead atoms. The van der Waals surface area contributed by atoms with Crippen molar-refractivity contribution in [3.63, 3.8) is 0 Å². The van der Waals surface area contributed by atoms with Gasteiger partial charge in [0.15, 0.2) is 0 Å². The van der Waals surface area contributed by atoms with E-state index in [1.54, 1.807) is 20.8 Å². The van der Waals surface area contributed by atoms with Gasteiger partial charge in [-0.3, -0.25) is 4.79 Å². The van der Waals surface area contributed by atoms with Crippen molar-refractivity contribution in [2.75, 3.05) is 20.2 Å². The van der Waals surface area contributed by atoms with Crippen LogP contribution in [0.1, 0.15) is 20.8 Å². The Morgan fingerprint density at radius 1 is 1.43 bits per heavy atom. The van der Waals surface area contributed by atoms with E-state index in [-0.39, 0.29) is 13.1 Å². The largest absolute Gasteiger partial charge is 0.468 e. The van der Waals surface area contributed by atoms with Crippen LogP contribution in [0.2, 0.25) is 0 Å². The van der Waals surface area contributed by atoms with E-state index in [0.29, 0.717) is 0 Å². The molecule has 0 heterocycles. The van der Waals surface area contributed by atoms with E-state index >= 15 is 0 Å². The van der Waals surface area contributed by atoms with Crippen LogP contribution < -0.4 is 0 Å². The Morgan fingerprint density at radius 2 is 1.93 bits per heavy atom. The average molecular weight is 223 g/mol. The highest BCUT2D eigenvalue weighted by Gasteiger charge is 2.26. The maximum absolute atomic E-state index is 11.6. The molecule has 14 heavy (non-hydrogen) atoms. The minimum atomic E-state index is -3.36. The van der Waals surface area contributed by atoms with Gasteiger partial charge in [-0.2, -0.15) is 4.31 Å². The molecule has 0 saturated heterocycles. The van der Waals surface area contributed by atoms with Crippen LogP contribution in [0.5, 0.6) is 0 Å². The molecule has 0 aromatic heterocycles. The zero-order valence-electron chi connectivity index (χ0n) is 8.98. The lowest BCUT2D eigenvalue weighted by atomic mass is 10.6. The van der Waals surface area contributed by atoms with Crippen LogP contribution in [0.25, 0.3) is 0 Å². The molecule has 0 aromatic carbocycles. The van der Waals surface area contributed by atoms with Gasteiger partial charge in [0, 0.05) is 6.54 Å². The van der Waals surface area contributed by atoms with E-state index in [1.165, 1.54) is 7.11 Å². The van der Waals surface area contributed by atoms with Crippen molar-refractivity contribution < 1.29 is 17.9 Å². The lowest BCUT2D eigenvalue weighted by molar-refractivity contribution is -0.140. The van der Waals surface area contributed by atoms with Crippen LogP contribution in [-0.4, -0.2) is 44.1 Å². The molecule has 5 nitrogen and oxygen atoms in total. The average Bonchev–Trinajstić information content (AvgIpc) is 2.12. The zero-order chi connectivity index (χ0) is 11.4. The fourth-order valence-corrected chi connectivity index (χ4v) is 2.13. The lowest BCUT2D eigenvalue weighted by Crippen LogP contribution is -2.39. The maximum atomic E-state index is 11.6. The monoisotopic (exact) mass is 223 g/mol. The number of likely N-dealkylation sites (N-methyl/N-ethyl adjacent to an activating group) is 1. The van der Waals surface area contributed by atoms with Gasteiger partial charge >= 0.3 is 5.97 Å². The molecule has 0 N–H and O–H groups in total. The molecule has 0 atom stereocenters. The van der Waals surface area contributed by atoms with Crippen LogP contribution in [0.15, 0.2) is 0 Å². The third-order valence-corrected chi connectivity index (χ3v) is 4.14. The predicted octanol–water partition coefficient (Wildman–Crippen LogP) is 0.220. The first-order valence-electron chi connectivity index (χ1n) is 4.42. The molecule has 84 valence electrons. The molecule has 0 radical (unpaired) electrons. The van der Waals surface area contributed by atoms with Crippen molar-refractivity contribution >= 4 is 16.0 Å². The molecule has 0 saturated carbocycles. The van der Waals surface area contributed by atoms with E-state index in [1.807, 2.05) is 0 Å². The number of nitrogens with zero attached hydrogens (tertiary/aromatic N) is 1. The normalized spacial score (nSPS) is 12.1. The van der Waals surface area contributed by atoms with Gasteiger partial charge in [0.1, 0.15) is 6.54 Å². The number of methoxy groups -OCH3 is 1. The molecule has 0 aliphatic rings. The summed E-state index contributed by atoms with van der Waals surface area (Å²) in [5, 5.41) is -0.521. The minimum absolute atomic E-state index is 0.215. The number of esters is 1. The van der Waals surface area contributed by atoms with E-state index in [4.69, 9.17) is 0 Å². The van der Waals surface area contributed by atoms with Gasteiger partial charge < -0.3 is 4.74 Å². The van der Waals surface area contributed by atoms with Gasteiger partial charge in [0.2, 0.25) is 10.0 Å². The smallest absolute Gasteiger partial charge is 0.321 e. The van der Waals surface area contributed by atoms with Gasteiger partial charge in [0.25, 0.3) is 0 Å². The highest BCUT2D eigenvalue weighted by atomic mass is 32.2. The van der Waals surface area contributed by atoms with Crippen molar-refractivity contribution in [2.45, 2.75) is 26.0 Å². The number of ether oxygens (including phenoxy) is 1. The van der Waals surface area contributed by atoms with Crippen molar-refractivity contribution in [3.8, 4) is 0 Å². The molecule has 0 aliphatic heterocycles. The van der Waals surface area contributed by atoms with Crippen LogP contribution in [0, 0.1) is 0 Å². The summed E-state index contributed by atoms with van der Waals surface area (Å²) >= 11 is 0. The molecule has 0 aliphatic carbocycles. The summed E-state index contributed by atoms with van der Waals surface area (Å²) in [6.45, 7) is 4.90. The third kappa shape index (κ3) is 3.26. The summed E-state index contributed by atoms with van der Waals surface area (Å²) in [6.07, 6.45) is 0. The molecule has 0 unspecified atom stereocenters. The van der Waals surface area contributed by atoms with Gasteiger partial charge in [-0.1, -0.05) is 6.92 Å². The number of rotatable bonds is 5. The van der Waals surface area contributed by atoms with Crippen molar-refractivity contribution in [2.24, 2.45) is 0 Å². The van der Waals surface area contributed by atoms with Crippen molar-refractivity contribution in [1.29, 1.82) is 0 Å². The predicted molar refractivity (Wildman–Crippen MR) is 53.3 cm³/mol. The Labute approximate surface area is 85.1 Å². The number of hydrogen-bond acceptors (Lipinski definition) is 4. The lowest BCUT2D eigenvalue weighted by Gasteiger charge is -2.21. The molecular formula is C8H17NO4S. The van der Waals surface area contributed by atoms with E-state index in [2.05, 4.69) is 4.74 Å². The highest BCUT2D eigenvalue weighted by molar-refractivity contribution is 7.89. The quantitative estimate of drug-likeness (QED) is 0.625. The van der Waals surface area contributed by atoms with Gasteiger partial charge in [-0.25, -0.2) is 8.42 Å². The Hall–Kier alpha value is -0.620. The summed E-state index contributed by atoms with van der Waals surface area (Å²) in [7, 11) is -2.13. The molecule has 0 rings (SSSR count). The fraction of sp³-hybridized carbons (Fsp3) is 0.875. The standard InChI is InChI=1S/C8H17NO4S/c1-5-9(6-8(10)13-4)14(11,12)7(2)3/h7H,5-6H2,1-4H3. The number of sulfonamides is 1. The van der Waals surface area contributed by atoms with E-state index < -0.39 is 21.2 Å². The summed E-state index contributed by atoms with van der Waals surface area (Å²) in [5.74, 6) is -0.545. The maximum Gasteiger partial charge on any atom is 0.321 e. The van der Waals surface area contributed by atoms with Gasteiger partial charge in [-0.15, -0.1) is 0 Å². The summed E-state index contributed by atoms with van der Waals surface area (Å²) in [6, 6.07) is 0. The minimum Gasteiger partial charge on any atom is -0.468 e. The van der Waals surface area contributed by atoms with E-state index in [9.17, 15) is 13.2 Å². The Bertz CT molecular complexity index is 284. The van der Waals surface area contributed by atoms with Gasteiger partial charge in [-0.05, 0) is 13.8 Å². The van der Waals surface area contributed by atoms with Gasteiger partial charge in [0.05, 0.1) is 12.4 Å². The second kappa shape index (κ2) is 5.31. The van der Waals surface area contributed by atoms with E-state index in [0.717, 1.165) is 4.31 Å². The summed E-state index contributed by atoms with van der Waals surface area (Å²) in [4.78, 5) is 10.9. The Balaban J connectivity index is 4.66. The topological polar surface area (TPSA) is 63.7 Å².